The SMILES string of the molecule is CN=C(NC)n1cccn1. The van der Waals surface area contributed by atoms with Crippen LogP contribution in [-0.4, -0.2) is 29.8 Å². The summed E-state index contributed by atoms with van der Waals surface area (Å²) in [5, 5.41) is 6.89. The molecule has 0 aliphatic heterocycles. The van der Waals surface area contributed by atoms with Gasteiger partial charge in [-0.15, -0.1) is 0 Å². The van der Waals surface area contributed by atoms with E-state index in [4.69, 9.17) is 0 Å². The summed E-state index contributed by atoms with van der Waals surface area (Å²) in [4.78, 5) is 3.96. The first-order valence-corrected chi connectivity index (χ1v) is 3.03. The molecule has 1 rings (SSSR count). The molecule has 0 aliphatic carbocycles. The first-order valence-electron chi connectivity index (χ1n) is 3.03. The van der Waals surface area contributed by atoms with Crippen molar-refractivity contribution in [3.63, 3.8) is 0 Å². The molecule has 10 heavy (non-hydrogen) atoms. The second kappa shape index (κ2) is 3.00. The topological polar surface area (TPSA) is 42.2 Å². The zero-order chi connectivity index (χ0) is 7.40. The minimum Gasteiger partial charge on any atom is -0.358 e. The highest BCUT2D eigenvalue weighted by Crippen LogP contribution is 1.81. The van der Waals surface area contributed by atoms with Crippen LogP contribution in [-0.2, 0) is 0 Å². The summed E-state index contributed by atoms with van der Waals surface area (Å²) in [6, 6.07) is 1.85. The summed E-state index contributed by atoms with van der Waals surface area (Å²) in [5.74, 6) is 0.741. The van der Waals surface area contributed by atoms with Crippen molar-refractivity contribution in [3.05, 3.63) is 18.5 Å². The number of hydrogen-bond donors (Lipinski definition) is 1. The number of aliphatic imine (C=N–C) groups is 1. The van der Waals surface area contributed by atoms with Crippen molar-refractivity contribution in [3.8, 4) is 0 Å². The fraction of sp³-hybridized carbons (Fsp3) is 0.333. The minimum atomic E-state index is 0.741. The number of hydrogen-bond acceptors (Lipinski definition) is 2. The molecule has 0 spiro atoms. The zero-order valence-corrected chi connectivity index (χ0v) is 6.07. The lowest BCUT2D eigenvalue weighted by Crippen LogP contribution is -2.26. The van der Waals surface area contributed by atoms with E-state index in [2.05, 4.69) is 15.4 Å². The van der Waals surface area contributed by atoms with E-state index in [9.17, 15) is 0 Å². The fourth-order valence-electron chi connectivity index (χ4n) is 0.723. The van der Waals surface area contributed by atoms with E-state index in [1.807, 2.05) is 19.3 Å². The van der Waals surface area contributed by atoms with Crippen molar-refractivity contribution in [2.45, 2.75) is 0 Å². The van der Waals surface area contributed by atoms with Crippen LogP contribution in [0.5, 0.6) is 0 Å². The van der Waals surface area contributed by atoms with E-state index in [-0.39, 0.29) is 0 Å². The summed E-state index contributed by atoms with van der Waals surface area (Å²) in [6.45, 7) is 0. The van der Waals surface area contributed by atoms with Gasteiger partial charge in [0.05, 0.1) is 0 Å². The Bertz CT molecular complexity index is 212. The van der Waals surface area contributed by atoms with E-state index >= 15 is 0 Å². The average Bonchev–Trinajstić information content (AvgIpc) is 2.43. The molecule has 0 unspecified atom stereocenters. The van der Waals surface area contributed by atoms with Crippen LogP contribution in [0, 0.1) is 0 Å². The molecular formula is C6H10N4. The number of rotatable bonds is 0. The molecule has 1 heterocycles. The van der Waals surface area contributed by atoms with E-state index in [0.717, 1.165) is 5.96 Å². The largest absolute Gasteiger partial charge is 0.358 e. The highest BCUT2D eigenvalue weighted by Gasteiger charge is 1.94. The Labute approximate surface area is 59.6 Å². The molecule has 0 saturated carbocycles. The Kier molecular flexibility index (Phi) is 2.04. The summed E-state index contributed by atoms with van der Waals surface area (Å²) < 4.78 is 1.67. The normalized spacial score (nSPS) is 11.6. The first kappa shape index (κ1) is 6.80. The van der Waals surface area contributed by atoms with Crippen LogP contribution in [0.25, 0.3) is 0 Å². The van der Waals surface area contributed by atoms with Gasteiger partial charge in [-0.05, 0) is 6.07 Å². The molecule has 0 amide bonds. The summed E-state index contributed by atoms with van der Waals surface area (Å²) in [5.41, 5.74) is 0. The van der Waals surface area contributed by atoms with Crippen LogP contribution in [0.15, 0.2) is 23.5 Å². The van der Waals surface area contributed by atoms with Crippen molar-refractivity contribution >= 4 is 5.96 Å². The molecule has 0 bridgehead atoms. The van der Waals surface area contributed by atoms with Crippen molar-refractivity contribution in [2.75, 3.05) is 14.1 Å². The monoisotopic (exact) mass is 138 g/mol. The van der Waals surface area contributed by atoms with E-state index in [1.54, 1.807) is 17.9 Å². The van der Waals surface area contributed by atoms with Crippen LogP contribution < -0.4 is 5.32 Å². The Morgan fingerprint density at radius 1 is 1.70 bits per heavy atom. The van der Waals surface area contributed by atoms with Crippen LogP contribution in [0.1, 0.15) is 0 Å². The molecule has 54 valence electrons. The Hall–Kier alpha value is -1.32. The summed E-state index contributed by atoms with van der Waals surface area (Å²) in [6.07, 6.45) is 3.54. The van der Waals surface area contributed by atoms with Crippen LogP contribution in [0.2, 0.25) is 0 Å². The Morgan fingerprint density at radius 3 is 2.90 bits per heavy atom. The summed E-state index contributed by atoms with van der Waals surface area (Å²) in [7, 11) is 3.53. The van der Waals surface area contributed by atoms with Gasteiger partial charge in [0.15, 0.2) is 0 Å². The highest BCUT2D eigenvalue weighted by molar-refractivity contribution is 5.80. The maximum Gasteiger partial charge on any atom is 0.218 e. The predicted molar refractivity (Wildman–Crippen MR) is 40.0 cm³/mol. The molecule has 0 aliphatic rings. The quantitative estimate of drug-likeness (QED) is 0.403. The second-order valence-electron chi connectivity index (χ2n) is 1.75. The van der Waals surface area contributed by atoms with Gasteiger partial charge in [0.1, 0.15) is 0 Å². The van der Waals surface area contributed by atoms with Crippen LogP contribution in [0.4, 0.5) is 0 Å². The summed E-state index contributed by atoms with van der Waals surface area (Å²) >= 11 is 0. The van der Waals surface area contributed by atoms with Crippen molar-refractivity contribution in [1.29, 1.82) is 0 Å². The second-order valence-corrected chi connectivity index (χ2v) is 1.75. The van der Waals surface area contributed by atoms with Gasteiger partial charge < -0.3 is 5.32 Å². The molecule has 4 nitrogen and oxygen atoms in total. The number of nitrogens with one attached hydrogen (secondary N) is 1. The molecule has 0 saturated heterocycles. The van der Waals surface area contributed by atoms with Crippen molar-refractivity contribution < 1.29 is 0 Å². The van der Waals surface area contributed by atoms with Gasteiger partial charge in [0, 0.05) is 26.5 Å². The molecule has 4 heteroatoms. The average molecular weight is 138 g/mol. The van der Waals surface area contributed by atoms with Gasteiger partial charge in [0.25, 0.3) is 0 Å². The fourth-order valence-corrected chi connectivity index (χ4v) is 0.723. The molecule has 0 fully saturated rings. The van der Waals surface area contributed by atoms with Gasteiger partial charge in [-0.1, -0.05) is 0 Å². The molecule has 1 aromatic rings. The van der Waals surface area contributed by atoms with Gasteiger partial charge in [-0.2, -0.15) is 5.10 Å². The smallest absolute Gasteiger partial charge is 0.218 e. The van der Waals surface area contributed by atoms with Crippen LogP contribution in [0.3, 0.4) is 0 Å². The zero-order valence-electron chi connectivity index (χ0n) is 6.07. The molecule has 0 atom stereocenters. The van der Waals surface area contributed by atoms with Crippen molar-refractivity contribution in [1.82, 2.24) is 15.1 Å². The predicted octanol–water partition coefficient (Wildman–Crippen LogP) is -0.0636. The maximum atomic E-state index is 3.98. The molecule has 0 radical (unpaired) electrons. The standard InChI is InChI=1S/C6H10N4/c1-7-6(8-2)10-5-3-4-9-10/h3-5H,1-2H3,(H,7,8). The lowest BCUT2D eigenvalue weighted by molar-refractivity contribution is 0.875. The minimum absolute atomic E-state index is 0.741. The molecular weight excluding hydrogens is 128 g/mol. The molecule has 0 aromatic carbocycles. The number of nitrogens with zero attached hydrogens (tertiary/aromatic N) is 3. The third-order valence-corrected chi connectivity index (χ3v) is 1.16. The van der Waals surface area contributed by atoms with Gasteiger partial charge in [-0.3, -0.25) is 4.99 Å². The maximum absolute atomic E-state index is 3.98. The van der Waals surface area contributed by atoms with Gasteiger partial charge in [-0.25, -0.2) is 4.68 Å². The molecule has 1 aromatic heterocycles. The highest BCUT2D eigenvalue weighted by atomic mass is 15.4. The Balaban J connectivity index is 2.85. The lowest BCUT2D eigenvalue weighted by Gasteiger charge is -2.01. The number of aromatic nitrogens is 2. The Morgan fingerprint density at radius 2 is 2.50 bits per heavy atom. The van der Waals surface area contributed by atoms with Gasteiger partial charge >= 0.3 is 0 Å². The van der Waals surface area contributed by atoms with E-state index in [1.165, 1.54) is 0 Å². The first-order chi connectivity index (χ1) is 4.88. The van der Waals surface area contributed by atoms with Gasteiger partial charge in [0.2, 0.25) is 5.96 Å². The van der Waals surface area contributed by atoms with E-state index in [0.29, 0.717) is 0 Å². The lowest BCUT2D eigenvalue weighted by atomic mass is 10.7. The third-order valence-electron chi connectivity index (χ3n) is 1.16. The van der Waals surface area contributed by atoms with E-state index < -0.39 is 0 Å². The van der Waals surface area contributed by atoms with Crippen LogP contribution >= 0.6 is 0 Å². The molecule has 1 N–H and O–H groups in total. The third kappa shape index (κ3) is 1.15. The van der Waals surface area contributed by atoms with Crippen molar-refractivity contribution in [2.24, 2.45) is 4.99 Å².